The number of aliphatic hydroxyl groups is 1. The summed E-state index contributed by atoms with van der Waals surface area (Å²) in [5, 5.41) is 10.5. The van der Waals surface area contributed by atoms with Crippen LogP contribution in [0.5, 0.6) is 0 Å². The van der Waals surface area contributed by atoms with Gasteiger partial charge < -0.3 is 10.8 Å². The molecule has 0 aromatic heterocycles. The van der Waals surface area contributed by atoms with Crippen molar-refractivity contribution in [3.8, 4) is 0 Å². The summed E-state index contributed by atoms with van der Waals surface area (Å²) in [6.07, 6.45) is 0.174. The van der Waals surface area contributed by atoms with E-state index in [1.54, 1.807) is 24.3 Å². The lowest BCUT2D eigenvalue weighted by Gasteiger charge is -2.25. The maximum Gasteiger partial charge on any atom is 0.254 e. The molecule has 18 heavy (non-hydrogen) atoms. The second-order valence-electron chi connectivity index (χ2n) is 4.25. The van der Waals surface area contributed by atoms with Gasteiger partial charge in [-0.2, -0.15) is 0 Å². The van der Waals surface area contributed by atoms with Crippen LogP contribution in [0.1, 0.15) is 11.1 Å². The Morgan fingerprint density at radius 1 is 1.00 bits per heavy atom. The third kappa shape index (κ3) is 2.41. The highest BCUT2D eigenvalue weighted by Crippen LogP contribution is 2.25. The number of primary amides is 1. The summed E-state index contributed by atoms with van der Waals surface area (Å²) in [4.78, 5) is 11.6. The van der Waals surface area contributed by atoms with Crippen LogP contribution in [0.3, 0.4) is 0 Å². The van der Waals surface area contributed by atoms with Crippen LogP contribution in [0.25, 0.3) is 0 Å². The molecule has 2 rings (SSSR count). The van der Waals surface area contributed by atoms with Crippen molar-refractivity contribution in [3.63, 3.8) is 0 Å². The smallest absolute Gasteiger partial charge is 0.254 e. The number of benzene rings is 2. The van der Waals surface area contributed by atoms with Gasteiger partial charge in [0.25, 0.3) is 5.91 Å². The van der Waals surface area contributed by atoms with Gasteiger partial charge in [-0.15, -0.1) is 0 Å². The van der Waals surface area contributed by atoms with Crippen LogP contribution in [0.2, 0.25) is 0 Å². The van der Waals surface area contributed by atoms with E-state index in [9.17, 15) is 9.90 Å². The van der Waals surface area contributed by atoms with Gasteiger partial charge in [0.2, 0.25) is 0 Å². The molecule has 2 aromatic rings. The Balaban J connectivity index is 2.37. The molecule has 0 saturated carbocycles. The zero-order chi connectivity index (χ0) is 13.0. The molecule has 0 aliphatic heterocycles. The van der Waals surface area contributed by atoms with E-state index in [4.69, 9.17) is 5.73 Å². The van der Waals surface area contributed by atoms with Gasteiger partial charge >= 0.3 is 0 Å². The number of hydrogen-bond donors (Lipinski definition) is 2. The molecule has 0 aliphatic rings. The van der Waals surface area contributed by atoms with Crippen molar-refractivity contribution in [2.24, 2.45) is 5.73 Å². The molecule has 0 fully saturated rings. The zero-order valence-electron chi connectivity index (χ0n) is 9.91. The molecule has 0 bridgehead atoms. The monoisotopic (exact) mass is 241 g/mol. The van der Waals surface area contributed by atoms with Crippen molar-refractivity contribution in [3.05, 3.63) is 71.8 Å². The first-order chi connectivity index (χ1) is 8.63. The van der Waals surface area contributed by atoms with E-state index in [2.05, 4.69) is 0 Å². The minimum absolute atomic E-state index is 0.174. The average Bonchev–Trinajstić information content (AvgIpc) is 2.40. The third-order valence-electron chi connectivity index (χ3n) is 2.96. The van der Waals surface area contributed by atoms with Crippen LogP contribution in [-0.4, -0.2) is 11.0 Å². The Labute approximate surface area is 106 Å². The number of hydrogen-bond acceptors (Lipinski definition) is 2. The van der Waals surface area contributed by atoms with Crippen molar-refractivity contribution < 1.29 is 9.90 Å². The Morgan fingerprint density at radius 2 is 1.50 bits per heavy atom. The van der Waals surface area contributed by atoms with Crippen molar-refractivity contribution in [2.45, 2.75) is 12.0 Å². The van der Waals surface area contributed by atoms with Gasteiger partial charge in [0.1, 0.15) is 0 Å². The Morgan fingerprint density at radius 3 is 2.00 bits per heavy atom. The molecule has 0 spiro atoms. The molecule has 1 atom stereocenters. The fraction of sp³-hybridized carbons (Fsp3) is 0.133. The summed E-state index contributed by atoms with van der Waals surface area (Å²) >= 11 is 0. The highest BCUT2D eigenvalue weighted by atomic mass is 16.3. The predicted molar refractivity (Wildman–Crippen MR) is 69.7 cm³/mol. The summed E-state index contributed by atoms with van der Waals surface area (Å²) in [6, 6.07) is 18.1. The van der Waals surface area contributed by atoms with E-state index in [1.165, 1.54) is 0 Å². The first-order valence-corrected chi connectivity index (χ1v) is 5.74. The molecule has 0 aliphatic carbocycles. The van der Waals surface area contributed by atoms with Gasteiger partial charge in [0.15, 0.2) is 5.60 Å². The lowest BCUT2D eigenvalue weighted by atomic mass is 9.86. The molecule has 0 unspecified atom stereocenters. The Hall–Kier alpha value is -2.13. The first kappa shape index (κ1) is 12.3. The van der Waals surface area contributed by atoms with Gasteiger partial charge in [-0.1, -0.05) is 60.7 Å². The summed E-state index contributed by atoms with van der Waals surface area (Å²) in [6.45, 7) is 0. The molecule has 1 amide bonds. The quantitative estimate of drug-likeness (QED) is 0.854. The Kier molecular flexibility index (Phi) is 3.44. The highest BCUT2D eigenvalue weighted by molar-refractivity contribution is 5.85. The molecular formula is C15H15NO2. The van der Waals surface area contributed by atoms with Crippen LogP contribution in [0, 0.1) is 0 Å². The average molecular weight is 241 g/mol. The van der Waals surface area contributed by atoms with Crippen LogP contribution < -0.4 is 5.73 Å². The van der Waals surface area contributed by atoms with Crippen molar-refractivity contribution in [1.82, 2.24) is 0 Å². The number of nitrogens with two attached hydrogens (primary N) is 1. The van der Waals surface area contributed by atoms with Gasteiger partial charge in [-0.25, -0.2) is 0 Å². The standard InChI is InChI=1S/C15H15NO2/c16-14(17)15(18,13-9-5-2-6-10-13)11-12-7-3-1-4-8-12/h1-10,18H,11H2,(H2,16,17)/t15-/m1/s1. The second-order valence-corrected chi connectivity index (χ2v) is 4.25. The number of carbonyl (C=O) groups is 1. The van der Waals surface area contributed by atoms with Crippen molar-refractivity contribution in [2.75, 3.05) is 0 Å². The van der Waals surface area contributed by atoms with Crippen LogP contribution in [-0.2, 0) is 16.8 Å². The van der Waals surface area contributed by atoms with Gasteiger partial charge in [0, 0.05) is 6.42 Å². The molecule has 3 nitrogen and oxygen atoms in total. The van der Waals surface area contributed by atoms with E-state index in [1.807, 2.05) is 36.4 Å². The minimum atomic E-state index is -1.66. The van der Waals surface area contributed by atoms with Crippen molar-refractivity contribution in [1.29, 1.82) is 0 Å². The lowest BCUT2D eigenvalue weighted by molar-refractivity contribution is -0.137. The number of amides is 1. The normalized spacial score (nSPS) is 13.8. The number of rotatable bonds is 4. The third-order valence-corrected chi connectivity index (χ3v) is 2.96. The van der Waals surface area contributed by atoms with E-state index < -0.39 is 11.5 Å². The van der Waals surface area contributed by atoms with Gasteiger partial charge in [-0.3, -0.25) is 4.79 Å². The first-order valence-electron chi connectivity index (χ1n) is 5.74. The van der Waals surface area contributed by atoms with Crippen LogP contribution in [0.15, 0.2) is 60.7 Å². The maximum absolute atomic E-state index is 11.6. The summed E-state index contributed by atoms with van der Waals surface area (Å²) in [5.74, 6) is -0.738. The van der Waals surface area contributed by atoms with E-state index in [-0.39, 0.29) is 6.42 Å². The Bertz CT molecular complexity index is 525. The molecule has 3 heteroatoms. The largest absolute Gasteiger partial charge is 0.375 e. The number of carbonyl (C=O) groups excluding carboxylic acids is 1. The summed E-state index contributed by atoms with van der Waals surface area (Å²) in [5.41, 5.74) is 5.08. The second kappa shape index (κ2) is 5.02. The molecule has 92 valence electrons. The summed E-state index contributed by atoms with van der Waals surface area (Å²) < 4.78 is 0. The molecule has 0 saturated heterocycles. The minimum Gasteiger partial charge on any atom is -0.375 e. The van der Waals surface area contributed by atoms with Crippen molar-refractivity contribution >= 4 is 5.91 Å². The van der Waals surface area contributed by atoms with Crippen LogP contribution in [0.4, 0.5) is 0 Å². The van der Waals surface area contributed by atoms with E-state index in [0.717, 1.165) is 5.56 Å². The van der Waals surface area contributed by atoms with E-state index in [0.29, 0.717) is 5.56 Å². The lowest BCUT2D eigenvalue weighted by Crippen LogP contribution is -2.43. The van der Waals surface area contributed by atoms with E-state index >= 15 is 0 Å². The molecule has 3 N–H and O–H groups in total. The fourth-order valence-electron chi connectivity index (χ4n) is 1.94. The zero-order valence-corrected chi connectivity index (χ0v) is 9.91. The SMILES string of the molecule is NC(=O)[C@@](O)(Cc1ccccc1)c1ccccc1. The van der Waals surface area contributed by atoms with Gasteiger partial charge in [-0.05, 0) is 11.1 Å². The van der Waals surface area contributed by atoms with Crippen LogP contribution >= 0.6 is 0 Å². The molecule has 0 radical (unpaired) electrons. The topological polar surface area (TPSA) is 63.3 Å². The fourth-order valence-corrected chi connectivity index (χ4v) is 1.94. The van der Waals surface area contributed by atoms with Gasteiger partial charge in [0.05, 0.1) is 0 Å². The summed E-state index contributed by atoms with van der Waals surface area (Å²) in [7, 11) is 0. The maximum atomic E-state index is 11.6. The predicted octanol–water partition coefficient (Wildman–Crippen LogP) is 1.60. The molecule has 2 aromatic carbocycles. The molecule has 0 heterocycles. The highest BCUT2D eigenvalue weighted by Gasteiger charge is 2.35. The molecular weight excluding hydrogens is 226 g/mol.